The molecule has 0 saturated carbocycles. The first-order valence-corrected chi connectivity index (χ1v) is 4.98. The van der Waals surface area contributed by atoms with E-state index in [0.717, 1.165) is 24.9 Å². The maximum atomic E-state index is 13.2. The van der Waals surface area contributed by atoms with Crippen LogP contribution in [0.2, 0.25) is 0 Å². The number of hydrogen-bond donors (Lipinski definition) is 1. The highest BCUT2D eigenvalue weighted by atomic mass is 19.2. The summed E-state index contributed by atoms with van der Waals surface area (Å²) in [5, 5.41) is 3.23. The fourth-order valence-electron chi connectivity index (χ4n) is 1.90. The molecule has 1 heterocycles. The average molecular weight is 213 g/mol. The number of halogens is 2. The van der Waals surface area contributed by atoms with Gasteiger partial charge in [0.25, 0.3) is 0 Å². The smallest absolute Gasteiger partial charge is 0.200 e. The lowest BCUT2D eigenvalue weighted by molar-refractivity contribution is 0.370. The normalized spacial score (nSPS) is 20.6. The molecule has 0 spiro atoms. The van der Waals surface area contributed by atoms with Crippen molar-refractivity contribution in [2.24, 2.45) is 0 Å². The highest BCUT2D eigenvalue weighted by Crippen LogP contribution is 2.29. The van der Waals surface area contributed by atoms with E-state index >= 15 is 0 Å². The van der Waals surface area contributed by atoms with Crippen molar-refractivity contribution in [2.75, 3.05) is 13.7 Å². The molecule has 1 N–H and O–H groups in total. The second-order valence-electron chi connectivity index (χ2n) is 3.67. The summed E-state index contributed by atoms with van der Waals surface area (Å²) in [7, 11) is 1.34. The van der Waals surface area contributed by atoms with Crippen molar-refractivity contribution in [1.29, 1.82) is 0 Å². The molecule has 15 heavy (non-hydrogen) atoms. The number of hydrogen-bond acceptors (Lipinski definition) is 2. The van der Waals surface area contributed by atoms with E-state index in [0.29, 0.717) is 0 Å². The zero-order chi connectivity index (χ0) is 10.8. The van der Waals surface area contributed by atoms with E-state index in [2.05, 4.69) is 5.32 Å². The third-order valence-corrected chi connectivity index (χ3v) is 2.70. The average Bonchev–Trinajstić information content (AvgIpc) is 2.75. The van der Waals surface area contributed by atoms with Crippen molar-refractivity contribution in [1.82, 2.24) is 5.32 Å². The summed E-state index contributed by atoms with van der Waals surface area (Å²) in [6.45, 7) is 0.923. The van der Waals surface area contributed by atoms with Crippen LogP contribution >= 0.6 is 0 Å². The topological polar surface area (TPSA) is 21.3 Å². The molecule has 0 aromatic heterocycles. The van der Waals surface area contributed by atoms with Crippen molar-refractivity contribution in [3.8, 4) is 5.75 Å². The Hall–Kier alpha value is -1.16. The predicted octanol–water partition coefficient (Wildman–Crippen LogP) is 2.40. The maximum Gasteiger partial charge on any atom is 0.200 e. The Morgan fingerprint density at radius 1 is 1.40 bits per heavy atom. The van der Waals surface area contributed by atoms with Crippen molar-refractivity contribution in [3.63, 3.8) is 0 Å². The molecule has 1 fully saturated rings. The predicted molar refractivity (Wildman–Crippen MR) is 52.9 cm³/mol. The Balaban J connectivity index is 2.35. The molecule has 0 radical (unpaired) electrons. The second-order valence-corrected chi connectivity index (χ2v) is 3.67. The molecule has 82 valence electrons. The highest BCUT2D eigenvalue weighted by molar-refractivity contribution is 5.33. The number of rotatable bonds is 2. The summed E-state index contributed by atoms with van der Waals surface area (Å²) in [6.07, 6.45) is 2.01. The minimum Gasteiger partial charge on any atom is -0.494 e. The minimum absolute atomic E-state index is 0.0290. The summed E-state index contributed by atoms with van der Waals surface area (Å²) in [5.41, 5.74) is 0.753. The van der Waals surface area contributed by atoms with E-state index in [4.69, 9.17) is 4.74 Å². The Labute approximate surface area is 87.2 Å². The van der Waals surface area contributed by atoms with Crippen LogP contribution in [-0.2, 0) is 0 Å². The molecule has 1 unspecified atom stereocenters. The summed E-state index contributed by atoms with van der Waals surface area (Å²) in [5.74, 6) is -1.80. The fraction of sp³-hybridized carbons (Fsp3) is 0.455. The van der Waals surface area contributed by atoms with E-state index in [9.17, 15) is 8.78 Å². The van der Waals surface area contributed by atoms with Crippen molar-refractivity contribution >= 4 is 0 Å². The highest BCUT2D eigenvalue weighted by Gasteiger charge is 2.20. The van der Waals surface area contributed by atoms with Crippen molar-refractivity contribution in [2.45, 2.75) is 18.9 Å². The Morgan fingerprint density at radius 2 is 2.20 bits per heavy atom. The molecule has 1 aliphatic heterocycles. The number of ether oxygens (including phenoxy) is 1. The van der Waals surface area contributed by atoms with E-state index < -0.39 is 11.6 Å². The molecule has 1 aromatic rings. The van der Waals surface area contributed by atoms with Gasteiger partial charge in [0, 0.05) is 6.04 Å². The first kappa shape index (κ1) is 10.4. The van der Waals surface area contributed by atoms with Gasteiger partial charge in [-0.3, -0.25) is 0 Å². The molecule has 2 rings (SSSR count). The molecular weight excluding hydrogens is 200 g/mol. The standard InChI is InChI=1S/C11H13F2NO/c1-15-10-6-7(5-8(12)11(10)13)9-3-2-4-14-9/h5-6,9,14H,2-4H2,1H3. The van der Waals surface area contributed by atoms with Gasteiger partial charge in [0.05, 0.1) is 7.11 Å². The van der Waals surface area contributed by atoms with Gasteiger partial charge in [-0.05, 0) is 37.1 Å². The van der Waals surface area contributed by atoms with E-state index in [1.807, 2.05) is 0 Å². The molecule has 2 nitrogen and oxygen atoms in total. The Kier molecular flexibility index (Phi) is 2.86. The fourth-order valence-corrected chi connectivity index (χ4v) is 1.90. The largest absolute Gasteiger partial charge is 0.494 e. The minimum atomic E-state index is -0.917. The van der Waals surface area contributed by atoms with Crippen LogP contribution in [0.5, 0.6) is 5.75 Å². The molecule has 1 saturated heterocycles. The van der Waals surface area contributed by atoms with Crippen LogP contribution in [0.25, 0.3) is 0 Å². The molecule has 1 atom stereocenters. The number of benzene rings is 1. The van der Waals surface area contributed by atoms with Gasteiger partial charge < -0.3 is 10.1 Å². The summed E-state index contributed by atoms with van der Waals surface area (Å²) in [4.78, 5) is 0. The molecule has 1 aliphatic rings. The molecular formula is C11H13F2NO. The zero-order valence-electron chi connectivity index (χ0n) is 8.52. The van der Waals surface area contributed by atoms with Gasteiger partial charge in [0.15, 0.2) is 11.6 Å². The first-order chi connectivity index (χ1) is 7.22. The van der Waals surface area contributed by atoms with Crippen molar-refractivity contribution < 1.29 is 13.5 Å². The summed E-state index contributed by atoms with van der Waals surface area (Å²) in [6, 6.07) is 2.91. The Bertz CT molecular complexity index is 362. The van der Waals surface area contributed by atoms with Crippen LogP contribution in [0.15, 0.2) is 12.1 Å². The number of nitrogens with one attached hydrogen (secondary N) is 1. The van der Waals surface area contributed by atoms with Gasteiger partial charge in [-0.25, -0.2) is 4.39 Å². The van der Waals surface area contributed by atoms with Gasteiger partial charge >= 0.3 is 0 Å². The van der Waals surface area contributed by atoms with E-state index in [1.165, 1.54) is 13.2 Å². The van der Waals surface area contributed by atoms with Crippen molar-refractivity contribution in [3.05, 3.63) is 29.3 Å². The van der Waals surface area contributed by atoms with Crippen LogP contribution in [-0.4, -0.2) is 13.7 Å². The van der Waals surface area contributed by atoms with Gasteiger partial charge in [-0.2, -0.15) is 4.39 Å². The summed E-state index contributed by atoms with van der Waals surface area (Å²) >= 11 is 0. The van der Waals surface area contributed by atoms with E-state index in [-0.39, 0.29) is 11.8 Å². The van der Waals surface area contributed by atoms with Gasteiger partial charge in [0.1, 0.15) is 0 Å². The molecule has 0 amide bonds. The number of methoxy groups -OCH3 is 1. The third kappa shape index (κ3) is 1.95. The van der Waals surface area contributed by atoms with Gasteiger partial charge in [-0.15, -0.1) is 0 Å². The first-order valence-electron chi connectivity index (χ1n) is 4.98. The lowest BCUT2D eigenvalue weighted by Gasteiger charge is -2.12. The van der Waals surface area contributed by atoms with Crippen LogP contribution in [0.3, 0.4) is 0 Å². The summed E-state index contributed by atoms with van der Waals surface area (Å²) < 4.78 is 31.1. The molecule has 0 aliphatic carbocycles. The Morgan fingerprint density at radius 3 is 2.80 bits per heavy atom. The molecule has 0 bridgehead atoms. The quantitative estimate of drug-likeness (QED) is 0.814. The molecule has 4 heteroatoms. The van der Waals surface area contributed by atoms with E-state index in [1.54, 1.807) is 6.07 Å². The SMILES string of the molecule is COc1cc(C2CCCN2)cc(F)c1F. The van der Waals surface area contributed by atoms with Crippen LogP contribution in [0, 0.1) is 11.6 Å². The monoisotopic (exact) mass is 213 g/mol. The zero-order valence-corrected chi connectivity index (χ0v) is 8.52. The van der Waals surface area contributed by atoms with Gasteiger partial charge in [-0.1, -0.05) is 0 Å². The second kappa shape index (κ2) is 4.14. The maximum absolute atomic E-state index is 13.2. The van der Waals surface area contributed by atoms with Crippen LogP contribution in [0.4, 0.5) is 8.78 Å². The lowest BCUT2D eigenvalue weighted by atomic mass is 10.0. The molecule has 1 aromatic carbocycles. The third-order valence-electron chi connectivity index (χ3n) is 2.70. The lowest BCUT2D eigenvalue weighted by Crippen LogP contribution is -2.13. The van der Waals surface area contributed by atoms with Gasteiger partial charge in [0.2, 0.25) is 5.82 Å². The van der Waals surface area contributed by atoms with Crippen LogP contribution in [0.1, 0.15) is 24.4 Å². The van der Waals surface area contributed by atoms with Crippen LogP contribution < -0.4 is 10.1 Å².